The Morgan fingerprint density at radius 2 is 2.00 bits per heavy atom. The maximum atomic E-state index is 2.35. The number of allylic oxidation sites excluding steroid dienone is 4. The predicted molar refractivity (Wildman–Crippen MR) is 38.3 cm³/mol. The zero-order valence-electron chi connectivity index (χ0n) is 6.76. The first kappa shape index (κ1) is 12.9. The van der Waals surface area contributed by atoms with Crippen molar-refractivity contribution in [1.82, 2.24) is 0 Å². The Hall–Kier alpha value is 0.943. The molecule has 0 aromatic carbocycles. The third-order valence-corrected chi connectivity index (χ3v) is 4.05. The van der Waals surface area contributed by atoms with E-state index in [1.54, 1.807) is 30.3 Å². The van der Waals surface area contributed by atoms with Crippen molar-refractivity contribution in [2.45, 2.75) is 22.9 Å². The number of rotatable bonds is 0. The van der Waals surface area contributed by atoms with Gasteiger partial charge in [-0.3, -0.25) is 0 Å². The molecule has 0 aromatic rings. The molecule has 0 bridgehead atoms. The minimum atomic E-state index is 0. The fourth-order valence-corrected chi connectivity index (χ4v) is 3.14. The van der Waals surface area contributed by atoms with Crippen molar-refractivity contribution in [2.75, 3.05) is 0 Å². The SMILES string of the molecule is [Cl-].[Cl-].[Zr+2][CH]1CCC2CC=CC=C12. The Balaban J connectivity index is 0.000000605. The molecule has 0 N–H and O–H groups in total. The van der Waals surface area contributed by atoms with Gasteiger partial charge in [-0.2, -0.15) is 0 Å². The van der Waals surface area contributed by atoms with Crippen molar-refractivity contribution in [3.63, 3.8) is 0 Å². The van der Waals surface area contributed by atoms with Crippen LogP contribution in [-0.4, -0.2) is 0 Å². The van der Waals surface area contributed by atoms with Crippen LogP contribution in [0.4, 0.5) is 0 Å². The van der Waals surface area contributed by atoms with Gasteiger partial charge in [-0.25, -0.2) is 0 Å². The van der Waals surface area contributed by atoms with Gasteiger partial charge in [-0.1, -0.05) is 0 Å². The van der Waals surface area contributed by atoms with E-state index >= 15 is 0 Å². The summed E-state index contributed by atoms with van der Waals surface area (Å²) in [5.41, 5.74) is 1.75. The van der Waals surface area contributed by atoms with Crippen molar-refractivity contribution in [2.24, 2.45) is 5.92 Å². The second-order valence-corrected chi connectivity index (χ2v) is 4.87. The monoisotopic (exact) mass is 279 g/mol. The molecule has 0 saturated heterocycles. The zero-order chi connectivity index (χ0) is 6.97. The molecule has 0 aliphatic heterocycles. The van der Waals surface area contributed by atoms with Gasteiger partial charge in [0, 0.05) is 0 Å². The summed E-state index contributed by atoms with van der Waals surface area (Å²) in [7, 11) is 0. The molecule has 2 rings (SSSR count). The van der Waals surface area contributed by atoms with E-state index in [-0.39, 0.29) is 24.8 Å². The van der Waals surface area contributed by atoms with E-state index in [9.17, 15) is 0 Å². The maximum absolute atomic E-state index is 2.35. The van der Waals surface area contributed by atoms with Gasteiger partial charge in [0.25, 0.3) is 0 Å². The van der Waals surface area contributed by atoms with E-state index in [0.717, 1.165) is 9.54 Å². The Bertz CT molecular complexity index is 199. The molecule has 2 unspecified atom stereocenters. The molecule has 3 heteroatoms. The summed E-state index contributed by atoms with van der Waals surface area (Å²) < 4.78 is 0.960. The molecule has 1 saturated carbocycles. The van der Waals surface area contributed by atoms with E-state index < -0.39 is 0 Å². The first-order valence-electron chi connectivity index (χ1n) is 3.95. The van der Waals surface area contributed by atoms with Gasteiger partial charge in [-0.15, -0.1) is 0 Å². The fraction of sp³-hybridized carbons (Fsp3) is 0.556. The molecule has 1 fully saturated rings. The molecule has 0 spiro atoms. The predicted octanol–water partition coefficient (Wildman–Crippen LogP) is -3.37. The number of hydrogen-bond donors (Lipinski definition) is 0. The molecule has 0 heterocycles. The van der Waals surface area contributed by atoms with Crippen LogP contribution in [0.3, 0.4) is 0 Å². The van der Waals surface area contributed by atoms with Gasteiger partial charge in [0.15, 0.2) is 0 Å². The van der Waals surface area contributed by atoms with Crippen LogP contribution in [0.1, 0.15) is 19.3 Å². The molecule has 2 atom stereocenters. The molecule has 0 aromatic heterocycles. The molecule has 2 aliphatic rings. The molecule has 0 radical (unpaired) electrons. The summed E-state index contributed by atoms with van der Waals surface area (Å²) in [6.45, 7) is 0. The van der Waals surface area contributed by atoms with Gasteiger partial charge in [0.1, 0.15) is 0 Å². The third-order valence-electron chi connectivity index (χ3n) is 2.52. The van der Waals surface area contributed by atoms with Crippen molar-refractivity contribution < 1.29 is 49.5 Å². The normalized spacial score (nSPS) is 31.3. The Labute approximate surface area is 102 Å². The number of halogens is 2. The average Bonchev–Trinajstić information content (AvgIpc) is 2.34. The van der Waals surface area contributed by atoms with Crippen LogP contribution in [0.15, 0.2) is 23.8 Å². The summed E-state index contributed by atoms with van der Waals surface area (Å²) in [5.74, 6) is 0.939. The molecule has 0 amide bonds. The fourth-order valence-electron chi connectivity index (χ4n) is 1.91. The second-order valence-electron chi connectivity index (χ2n) is 3.16. The van der Waals surface area contributed by atoms with Crippen LogP contribution >= 0.6 is 0 Å². The first-order chi connectivity index (χ1) is 4.88. The van der Waals surface area contributed by atoms with Crippen LogP contribution in [0.5, 0.6) is 0 Å². The number of fused-ring (bicyclic) bond motifs is 1. The van der Waals surface area contributed by atoms with E-state index in [2.05, 4.69) is 18.2 Å². The van der Waals surface area contributed by atoms with Crippen LogP contribution < -0.4 is 24.8 Å². The van der Waals surface area contributed by atoms with Gasteiger partial charge in [-0.05, 0) is 0 Å². The quantitative estimate of drug-likeness (QED) is 0.435. The third kappa shape index (κ3) is 2.47. The van der Waals surface area contributed by atoms with Crippen molar-refractivity contribution in [3.05, 3.63) is 23.8 Å². The van der Waals surface area contributed by atoms with Gasteiger partial charge < -0.3 is 24.8 Å². The van der Waals surface area contributed by atoms with Crippen LogP contribution in [0.25, 0.3) is 0 Å². The van der Waals surface area contributed by atoms with Crippen LogP contribution in [0.2, 0.25) is 3.63 Å². The van der Waals surface area contributed by atoms with Crippen LogP contribution in [0, 0.1) is 5.92 Å². The van der Waals surface area contributed by atoms with E-state index in [4.69, 9.17) is 0 Å². The minimum absolute atomic E-state index is 0. The standard InChI is InChI=1S/C9H11.2ClH.Zr/c1-2-5-9-7-3-6-8(9)4-1;;;/h1-2,4,6,9H,3,5,7H2;2*1H;/q;;;+2/p-2. The molecule has 65 valence electrons. The summed E-state index contributed by atoms with van der Waals surface area (Å²) in [5, 5.41) is 0. The van der Waals surface area contributed by atoms with E-state index in [1.807, 2.05) is 0 Å². The van der Waals surface area contributed by atoms with E-state index in [0.29, 0.717) is 0 Å². The molecular formula is C9H11Cl2Zr. The summed E-state index contributed by atoms with van der Waals surface area (Å²) in [4.78, 5) is 0. The Morgan fingerprint density at radius 1 is 1.25 bits per heavy atom. The Kier molecular flexibility index (Phi) is 6.07. The topological polar surface area (TPSA) is 0 Å². The molecule has 2 aliphatic carbocycles. The molecule has 12 heavy (non-hydrogen) atoms. The van der Waals surface area contributed by atoms with Gasteiger partial charge in [0.05, 0.1) is 0 Å². The molecular weight excluding hydrogens is 270 g/mol. The summed E-state index contributed by atoms with van der Waals surface area (Å²) in [6.07, 6.45) is 11.1. The Morgan fingerprint density at radius 3 is 2.67 bits per heavy atom. The van der Waals surface area contributed by atoms with Crippen LogP contribution in [-0.2, 0) is 24.7 Å². The van der Waals surface area contributed by atoms with E-state index in [1.165, 1.54) is 19.3 Å². The summed E-state index contributed by atoms with van der Waals surface area (Å²) >= 11 is 1.72. The first-order valence-corrected chi connectivity index (χ1v) is 5.37. The number of hydrogen-bond acceptors (Lipinski definition) is 0. The van der Waals surface area contributed by atoms with Crippen molar-refractivity contribution in [3.8, 4) is 0 Å². The summed E-state index contributed by atoms with van der Waals surface area (Å²) in [6, 6.07) is 0. The van der Waals surface area contributed by atoms with Gasteiger partial charge >= 0.3 is 77.3 Å². The van der Waals surface area contributed by atoms with Crippen molar-refractivity contribution in [1.29, 1.82) is 0 Å². The molecule has 0 nitrogen and oxygen atoms in total. The van der Waals surface area contributed by atoms with Crippen molar-refractivity contribution >= 4 is 0 Å². The zero-order valence-corrected chi connectivity index (χ0v) is 10.7. The average molecular weight is 281 g/mol. The van der Waals surface area contributed by atoms with Gasteiger partial charge in [0.2, 0.25) is 0 Å². The second kappa shape index (κ2) is 5.63.